The summed E-state index contributed by atoms with van der Waals surface area (Å²) in [6.07, 6.45) is 1.77. The van der Waals surface area contributed by atoms with Crippen LogP contribution >= 0.6 is 11.3 Å². The number of anilines is 1. The molecule has 0 radical (unpaired) electrons. The van der Waals surface area contributed by atoms with Crippen molar-refractivity contribution in [3.63, 3.8) is 0 Å². The molecule has 1 saturated heterocycles. The van der Waals surface area contributed by atoms with Crippen molar-refractivity contribution in [1.82, 2.24) is 19.9 Å². The summed E-state index contributed by atoms with van der Waals surface area (Å²) < 4.78 is 6.28. The van der Waals surface area contributed by atoms with Crippen LogP contribution in [0.15, 0.2) is 10.9 Å². The van der Waals surface area contributed by atoms with Crippen molar-refractivity contribution in [2.75, 3.05) is 38.3 Å². The summed E-state index contributed by atoms with van der Waals surface area (Å²) in [5, 5.41) is 8.01. The highest BCUT2D eigenvalue weighted by Crippen LogP contribution is 2.26. The number of aryl methyl sites for hydroxylation is 1. The smallest absolute Gasteiger partial charge is 0.275 e. The molecule has 2 aromatic heterocycles. The Balaban J connectivity index is 1.74. The predicted molar refractivity (Wildman–Crippen MR) is 91.7 cm³/mol. The topological polar surface area (TPSA) is 88.8 Å². The second kappa shape index (κ2) is 7.27. The number of carbonyl (C=O) groups excluding carboxylic acids is 1. The molecule has 9 heteroatoms. The van der Waals surface area contributed by atoms with E-state index in [0.717, 1.165) is 24.5 Å². The lowest BCUT2D eigenvalue weighted by Gasteiger charge is -2.31. The first kappa shape index (κ1) is 16.8. The number of amides is 1. The van der Waals surface area contributed by atoms with Gasteiger partial charge in [0.25, 0.3) is 5.56 Å². The van der Waals surface area contributed by atoms with E-state index in [1.807, 2.05) is 0 Å². The van der Waals surface area contributed by atoms with Gasteiger partial charge in [0, 0.05) is 38.5 Å². The van der Waals surface area contributed by atoms with Gasteiger partial charge in [0.15, 0.2) is 0 Å². The van der Waals surface area contributed by atoms with E-state index in [9.17, 15) is 9.59 Å². The maximum Gasteiger partial charge on any atom is 0.275 e. The van der Waals surface area contributed by atoms with Gasteiger partial charge in [-0.05, 0) is 19.8 Å². The Morgan fingerprint density at radius 2 is 2.38 bits per heavy atom. The summed E-state index contributed by atoms with van der Waals surface area (Å²) >= 11 is 1.38. The van der Waals surface area contributed by atoms with Gasteiger partial charge < -0.3 is 15.0 Å². The summed E-state index contributed by atoms with van der Waals surface area (Å²) in [7, 11) is 1.61. The van der Waals surface area contributed by atoms with Gasteiger partial charge in [-0.15, -0.1) is 5.10 Å². The first-order valence-corrected chi connectivity index (χ1v) is 8.79. The van der Waals surface area contributed by atoms with Gasteiger partial charge in [-0.25, -0.2) is 4.98 Å². The highest BCUT2D eigenvalue weighted by Gasteiger charge is 2.27. The molecule has 1 N–H and O–H groups in total. The summed E-state index contributed by atoms with van der Waals surface area (Å²) in [6.45, 7) is 4.25. The zero-order valence-electron chi connectivity index (χ0n) is 13.8. The van der Waals surface area contributed by atoms with Crippen LogP contribution in [-0.2, 0) is 9.53 Å². The second-order valence-electron chi connectivity index (χ2n) is 5.88. The van der Waals surface area contributed by atoms with E-state index in [2.05, 4.69) is 20.3 Å². The van der Waals surface area contributed by atoms with Crippen LogP contribution in [0, 0.1) is 12.8 Å². The molecule has 24 heavy (non-hydrogen) atoms. The van der Waals surface area contributed by atoms with Gasteiger partial charge in [-0.1, -0.05) is 11.3 Å². The van der Waals surface area contributed by atoms with Crippen LogP contribution in [0.2, 0.25) is 0 Å². The van der Waals surface area contributed by atoms with Gasteiger partial charge in [-0.3, -0.25) is 9.59 Å². The van der Waals surface area contributed by atoms with Gasteiger partial charge in [0.1, 0.15) is 0 Å². The molecule has 0 unspecified atom stereocenters. The highest BCUT2D eigenvalue weighted by molar-refractivity contribution is 7.20. The lowest BCUT2D eigenvalue weighted by atomic mass is 9.97. The van der Waals surface area contributed by atoms with Crippen LogP contribution in [0.4, 0.5) is 5.13 Å². The number of rotatable bonds is 5. The molecule has 3 heterocycles. The standard InChI is InChI=1S/C15H21N5O3S/c1-10-8-12(21)20-14(17-10)24-15(18-20)19-6-3-4-11(9-19)13(22)16-5-7-23-2/h8,11H,3-7,9H2,1-2H3,(H,16,22)/t11-/m0/s1. The van der Waals surface area contributed by atoms with E-state index in [4.69, 9.17) is 4.74 Å². The Morgan fingerprint density at radius 3 is 3.17 bits per heavy atom. The second-order valence-corrected chi connectivity index (χ2v) is 6.82. The molecular weight excluding hydrogens is 330 g/mol. The minimum Gasteiger partial charge on any atom is -0.383 e. The van der Waals surface area contributed by atoms with Gasteiger partial charge >= 0.3 is 0 Å². The largest absolute Gasteiger partial charge is 0.383 e. The quantitative estimate of drug-likeness (QED) is 0.787. The number of aromatic nitrogens is 3. The molecule has 0 aliphatic carbocycles. The number of fused-ring (bicyclic) bond motifs is 1. The lowest BCUT2D eigenvalue weighted by Crippen LogP contribution is -2.43. The van der Waals surface area contributed by atoms with Crippen molar-refractivity contribution in [3.8, 4) is 0 Å². The minimum atomic E-state index is -0.175. The van der Waals surface area contributed by atoms with Crippen molar-refractivity contribution in [2.45, 2.75) is 19.8 Å². The normalized spacial score (nSPS) is 18.1. The van der Waals surface area contributed by atoms with E-state index in [-0.39, 0.29) is 17.4 Å². The number of methoxy groups -OCH3 is 1. The van der Waals surface area contributed by atoms with E-state index in [1.54, 1.807) is 14.0 Å². The Hall–Kier alpha value is -2.00. The molecule has 1 amide bonds. The van der Waals surface area contributed by atoms with Crippen LogP contribution in [0.3, 0.4) is 0 Å². The number of hydrogen-bond donors (Lipinski definition) is 1. The molecule has 8 nitrogen and oxygen atoms in total. The number of carbonyl (C=O) groups is 1. The molecule has 1 atom stereocenters. The van der Waals surface area contributed by atoms with Crippen molar-refractivity contribution < 1.29 is 9.53 Å². The molecule has 0 spiro atoms. The number of nitrogens with zero attached hydrogens (tertiary/aromatic N) is 4. The van der Waals surface area contributed by atoms with Crippen molar-refractivity contribution in [1.29, 1.82) is 0 Å². The molecule has 0 bridgehead atoms. The maximum atomic E-state index is 12.2. The van der Waals surface area contributed by atoms with Crippen molar-refractivity contribution in [3.05, 3.63) is 22.1 Å². The van der Waals surface area contributed by atoms with E-state index >= 15 is 0 Å². The fourth-order valence-electron chi connectivity index (χ4n) is 2.82. The zero-order valence-corrected chi connectivity index (χ0v) is 14.6. The number of hydrogen-bond acceptors (Lipinski definition) is 7. The molecule has 2 aromatic rings. The summed E-state index contributed by atoms with van der Waals surface area (Å²) in [5.41, 5.74) is 0.509. The van der Waals surface area contributed by atoms with Crippen LogP contribution in [0.25, 0.3) is 4.96 Å². The van der Waals surface area contributed by atoms with Crippen LogP contribution in [0.5, 0.6) is 0 Å². The van der Waals surface area contributed by atoms with Crippen LogP contribution < -0.4 is 15.8 Å². The molecule has 1 aliphatic rings. The SMILES string of the molecule is COCCNC(=O)[C@H]1CCCN(c2nn3c(=O)cc(C)nc3s2)C1. The fourth-order valence-corrected chi connectivity index (χ4v) is 3.81. The molecular formula is C15H21N5O3S. The number of nitrogens with one attached hydrogen (secondary N) is 1. The summed E-state index contributed by atoms with van der Waals surface area (Å²) in [5.74, 6) is -0.0296. The van der Waals surface area contributed by atoms with Gasteiger partial charge in [0.2, 0.25) is 16.0 Å². The van der Waals surface area contributed by atoms with Crippen LogP contribution in [0.1, 0.15) is 18.5 Å². The third-order valence-corrected chi connectivity index (χ3v) is 5.00. The monoisotopic (exact) mass is 351 g/mol. The third-order valence-electron chi connectivity index (χ3n) is 4.03. The van der Waals surface area contributed by atoms with E-state index < -0.39 is 0 Å². The summed E-state index contributed by atoms with van der Waals surface area (Å²) in [6, 6.07) is 1.47. The van der Waals surface area contributed by atoms with E-state index in [1.165, 1.54) is 21.9 Å². The summed E-state index contributed by atoms with van der Waals surface area (Å²) in [4.78, 5) is 31.2. The zero-order chi connectivity index (χ0) is 17.1. The average molecular weight is 351 g/mol. The van der Waals surface area contributed by atoms with Gasteiger partial charge in [-0.2, -0.15) is 4.52 Å². The van der Waals surface area contributed by atoms with Crippen molar-refractivity contribution >= 4 is 27.3 Å². The van der Waals surface area contributed by atoms with Crippen molar-refractivity contribution in [2.24, 2.45) is 5.92 Å². The highest BCUT2D eigenvalue weighted by atomic mass is 32.1. The molecule has 1 aliphatic heterocycles. The third kappa shape index (κ3) is 3.57. The minimum absolute atomic E-state index is 0.0454. The molecule has 0 aromatic carbocycles. The Bertz CT molecular complexity index is 787. The first-order chi connectivity index (χ1) is 11.6. The number of piperidine rings is 1. The van der Waals surface area contributed by atoms with Crippen LogP contribution in [-0.4, -0.2) is 53.9 Å². The number of ether oxygens (including phenoxy) is 1. The Morgan fingerprint density at radius 1 is 1.54 bits per heavy atom. The predicted octanol–water partition coefficient (Wildman–Crippen LogP) is 0.438. The Kier molecular flexibility index (Phi) is 5.10. The molecule has 3 rings (SSSR count). The Labute approximate surface area is 143 Å². The first-order valence-electron chi connectivity index (χ1n) is 7.97. The molecule has 1 fully saturated rings. The molecule has 0 saturated carbocycles. The average Bonchev–Trinajstić information content (AvgIpc) is 2.99. The van der Waals surface area contributed by atoms with Gasteiger partial charge in [0.05, 0.1) is 12.5 Å². The lowest BCUT2D eigenvalue weighted by molar-refractivity contribution is -0.125. The maximum absolute atomic E-state index is 12.2. The fraction of sp³-hybridized carbons (Fsp3) is 0.600. The van der Waals surface area contributed by atoms with E-state index in [0.29, 0.717) is 30.4 Å². The molecule has 130 valence electrons.